The van der Waals surface area contributed by atoms with E-state index in [1.54, 1.807) is 32.4 Å². The van der Waals surface area contributed by atoms with E-state index in [-0.39, 0.29) is 11.8 Å². The predicted octanol–water partition coefficient (Wildman–Crippen LogP) is 1.77. The maximum absolute atomic E-state index is 12.2. The molecule has 1 aliphatic rings. The Morgan fingerprint density at radius 2 is 2.04 bits per heavy atom. The maximum Gasteiger partial charge on any atom is 0.253 e. The number of nitrogens with one attached hydrogen (secondary N) is 3. The Bertz CT molecular complexity index is 554. The number of hydrogen-bond acceptors (Lipinski definition) is 4. The van der Waals surface area contributed by atoms with Gasteiger partial charge in [0.15, 0.2) is 0 Å². The van der Waals surface area contributed by atoms with Gasteiger partial charge in [-0.3, -0.25) is 9.59 Å². The summed E-state index contributed by atoms with van der Waals surface area (Å²) in [6.07, 6.45) is 3.61. The third-order valence-electron chi connectivity index (χ3n) is 4.21. The van der Waals surface area contributed by atoms with E-state index < -0.39 is 0 Å². The second-order valence-electron chi connectivity index (χ2n) is 5.77. The third-order valence-corrected chi connectivity index (χ3v) is 4.21. The smallest absolute Gasteiger partial charge is 0.253 e. The van der Waals surface area contributed by atoms with Crippen molar-refractivity contribution >= 4 is 17.5 Å². The van der Waals surface area contributed by atoms with Gasteiger partial charge in [-0.2, -0.15) is 0 Å². The van der Waals surface area contributed by atoms with Crippen LogP contribution in [0.15, 0.2) is 18.2 Å². The van der Waals surface area contributed by atoms with E-state index in [1.165, 1.54) is 0 Å². The minimum atomic E-state index is -0.252. The van der Waals surface area contributed by atoms with Crippen LogP contribution in [0.2, 0.25) is 0 Å². The van der Waals surface area contributed by atoms with Crippen LogP contribution in [0, 0.1) is 5.92 Å². The number of hydrogen-bond donors (Lipinski definition) is 3. The van der Waals surface area contributed by atoms with Crippen LogP contribution in [-0.4, -0.2) is 39.1 Å². The average Bonchev–Trinajstić information content (AvgIpc) is 2.60. The molecule has 0 atom stereocenters. The van der Waals surface area contributed by atoms with Gasteiger partial charge in [0.25, 0.3) is 5.91 Å². The monoisotopic (exact) mass is 319 g/mol. The highest BCUT2D eigenvalue weighted by atomic mass is 16.5. The molecule has 0 aliphatic carbocycles. The average molecular weight is 319 g/mol. The van der Waals surface area contributed by atoms with E-state index >= 15 is 0 Å². The zero-order valence-corrected chi connectivity index (χ0v) is 13.8. The lowest BCUT2D eigenvalue weighted by Gasteiger charge is -2.22. The Hall–Kier alpha value is -2.08. The van der Waals surface area contributed by atoms with Gasteiger partial charge >= 0.3 is 0 Å². The van der Waals surface area contributed by atoms with Gasteiger partial charge in [0.05, 0.1) is 18.4 Å². The highest BCUT2D eigenvalue weighted by Crippen LogP contribution is 2.23. The van der Waals surface area contributed by atoms with Crippen LogP contribution < -0.4 is 20.7 Å². The Balaban J connectivity index is 1.97. The predicted molar refractivity (Wildman–Crippen MR) is 89.8 cm³/mol. The van der Waals surface area contributed by atoms with Crippen LogP contribution in [-0.2, 0) is 4.79 Å². The minimum absolute atomic E-state index is 0.0566. The molecule has 1 aliphatic heterocycles. The van der Waals surface area contributed by atoms with Gasteiger partial charge in [-0.1, -0.05) is 0 Å². The van der Waals surface area contributed by atoms with E-state index in [4.69, 9.17) is 4.74 Å². The number of benzene rings is 1. The highest BCUT2D eigenvalue weighted by Gasteiger charge is 2.17. The first-order chi connectivity index (χ1) is 11.1. The Morgan fingerprint density at radius 1 is 1.30 bits per heavy atom. The molecule has 0 spiro atoms. The van der Waals surface area contributed by atoms with Gasteiger partial charge in [0, 0.05) is 13.5 Å². The molecule has 6 nitrogen and oxygen atoms in total. The summed E-state index contributed by atoms with van der Waals surface area (Å²) in [6.45, 7) is 2.07. The van der Waals surface area contributed by atoms with Crippen molar-refractivity contribution in [2.75, 3.05) is 32.6 Å². The molecule has 23 heavy (non-hydrogen) atoms. The van der Waals surface area contributed by atoms with Gasteiger partial charge in [-0.05, 0) is 56.5 Å². The van der Waals surface area contributed by atoms with Crippen molar-refractivity contribution in [2.45, 2.75) is 25.7 Å². The van der Waals surface area contributed by atoms with Crippen LogP contribution in [0.5, 0.6) is 5.75 Å². The fourth-order valence-corrected chi connectivity index (χ4v) is 2.80. The number of carbonyl (C=O) groups is 2. The number of ether oxygens (including phenoxy) is 1. The SMILES string of the molecule is CNC(=O)c1cc(OC)ccc1NC(=O)CCC1CCNCC1. The molecule has 1 saturated heterocycles. The molecule has 3 N–H and O–H groups in total. The molecule has 2 rings (SSSR count). The summed E-state index contributed by atoms with van der Waals surface area (Å²) in [6, 6.07) is 5.06. The van der Waals surface area contributed by atoms with Gasteiger partial charge < -0.3 is 20.7 Å². The number of amides is 2. The van der Waals surface area contributed by atoms with Gasteiger partial charge in [-0.25, -0.2) is 0 Å². The zero-order chi connectivity index (χ0) is 16.7. The van der Waals surface area contributed by atoms with Gasteiger partial charge in [0.2, 0.25) is 5.91 Å². The summed E-state index contributed by atoms with van der Waals surface area (Å²) in [5.74, 6) is 0.879. The zero-order valence-electron chi connectivity index (χ0n) is 13.8. The Morgan fingerprint density at radius 3 is 2.70 bits per heavy atom. The fraction of sp³-hybridized carbons (Fsp3) is 0.529. The molecule has 0 unspecified atom stereocenters. The van der Waals surface area contributed by atoms with Crippen LogP contribution in [0.4, 0.5) is 5.69 Å². The van der Waals surface area contributed by atoms with Crippen LogP contribution in [0.3, 0.4) is 0 Å². The Kier molecular flexibility index (Phi) is 6.40. The summed E-state index contributed by atoms with van der Waals surface area (Å²) in [5, 5.41) is 8.75. The lowest BCUT2D eigenvalue weighted by atomic mass is 9.93. The molecular formula is C17H25N3O3. The molecule has 2 amide bonds. The molecule has 1 heterocycles. The molecule has 6 heteroatoms. The summed E-state index contributed by atoms with van der Waals surface area (Å²) < 4.78 is 5.14. The number of carbonyl (C=O) groups excluding carboxylic acids is 2. The first-order valence-electron chi connectivity index (χ1n) is 8.04. The maximum atomic E-state index is 12.2. The van der Waals surface area contributed by atoms with E-state index in [0.717, 1.165) is 32.4 Å². The minimum Gasteiger partial charge on any atom is -0.497 e. The van der Waals surface area contributed by atoms with Crippen molar-refractivity contribution in [3.05, 3.63) is 23.8 Å². The summed E-state index contributed by atoms with van der Waals surface area (Å²) in [5.41, 5.74) is 0.919. The molecule has 1 aromatic carbocycles. The van der Waals surface area contributed by atoms with E-state index in [9.17, 15) is 9.59 Å². The molecular weight excluding hydrogens is 294 g/mol. The van der Waals surface area contributed by atoms with Crippen LogP contribution in [0.1, 0.15) is 36.0 Å². The van der Waals surface area contributed by atoms with Crippen molar-refractivity contribution in [3.63, 3.8) is 0 Å². The first kappa shape index (κ1) is 17.3. The van der Waals surface area contributed by atoms with E-state index in [1.807, 2.05) is 0 Å². The standard InChI is InChI=1S/C17H25N3O3/c1-18-17(22)14-11-13(23-2)4-5-15(14)20-16(21)6-3-12-7-9-19-10-8-12/h4-5,11-12,19H,3,6-10H2,1-2H3,(H,18,22)(H,20,21). The van der Waals surface area contributed by atoms with Crippen molar-refractivity contribution in [1.29, 1.82) is 0 Å². The Labute approximate surface area is 137 Å². The topological polar surface area (TPSA) is 79.5 Å². The second kappa shape index (κ2) is 8.53. The van der Waals surface area contributed by atoms with Crippen LogP contribution >= 0.6 is 0 Å². The number of rotatable bonds is 6. The number of anilines is 1. The van der Waals surface area contributed by atoms with Gasteiger partial charge in [0.1, 0.15) is 5.75 Å². The normalized spacial score (nSPS) is 15.0. The van der Waals surface area contributed by atoms with E-state index in [2.05, 4.69) is 16.0 Å². The van der Waals surface area contributed by atoms with Crippen molar-refractivity contribution in [1.82, 2.24) is 10.6 Å². The number of methoxy groups -OCH3 is 1. The largest absolute Gasteiger partial charge is 0.497 e. The summed E-state index contributed by atoms with van der Waals surface area (Å²) >= 11 is 0. The van der Waals surface area contributed by atoms with Gasteiger partial charge in [-0.15, -0.1) is 0 Å². The summed E-state index contributed by atoms with van der Waals surface area (Å²) in [4.78, 5) is 24.1. The fourth-order valence-electron chi connectivity index (χ4n) is 2.80. The lowest BCUT2D eigenvalue weighted by molar-refractivity contribution is -0.116. The quantitative estimate of drug-likeness (QED) is 0.747. The molecule has 0 bridgehead atoms. The van der Waals surface area contributed by atoms with Crippen molar-refractivity contribution < 1.29 is 14.3 Å². The molecule has 1 aromatic rings. The van der Waals surface area contributed by atoms with Crippen molar-refractivity contribution in [3.8, 4) is 5.75 Å². The lowest BCUT2D eigenvalue weighted by Crippen LogP contribution is -2.28. The van der Waals surface area contributed by atoms with Crippen LogP contribution in [0.25, 0.3) is 0 Å². The van der Waals surface area contributed by atoms with Crippen molar-refractivity contribution in [2.24, 2.45) is 5.92 Å². The summed E-state index contributed by atoms with van der Waals surface area (Å²) in [7, 11) is 3.10. The highest BCUT2D eigenvalue weighted by molar-refractivity contribution is 6.04. The number of piperidine rings is 1. The molecule has 126 valence electrons. The molecule has 0 saturated carbocycles. The first-order valence-corrected chi connectivity index (χ1v) is 8.04. The second-order valence-corrected chi connectivity index (χ2v) is 5.77. The molecule has 1 fully saturated rings. The molecule has 0 aromatic heterocycles. The van der Waals surface area contributed by atoms with E-state index in [0.29, 0.717) is 29.3 Å². The third kappa shape index (κ3) is 4.96. The molecule has 0 radical (unpaired) electrons.